The molecule has 102 valence electrons. The van der Waals surface area contributed by atoms with Gasteiger partial charge < -0.3 is 4.74 Å². The lowest BCUT2D eigenvalue weighted by atomic mass is 10.1. The Bertz CT molecular complexity index is 156. The Morgan fingerprint density at radius 1 is 1.00 bits per heavy atom. The zero-order valence-electron chi connectivity index (χ0n) is 11.3. The Morgan fingerprint density at radius 3 is 2.35 bits per heavy atom. The molecule has 0 aromatic rings. The smallest absolute Gasteiger partial charge is 0.191 e. The van der Waals surface area contributed by atoms with Crippen LogP contribution in [0.4, 0.5) is 0 Å². The van der Waals surface area contributed by atoms with Crippen molar-refractivity contribution in [1.82, 2.24) is 0 Å². The first kappa shape index (κ1) is 14.9. The fourth-order valence-corrected chi connectivity index (χ4v) is 2.04. The van der Waals surface area contributed by atoms with E-state index >= 15 is 0 Å². The molecule has 0 amide bonds. The molecule has 0 aromatic carbocycles. The highest BCUT2D eigenvalue weighted by molar-refractivity contribution is 4.49. The maximum absolute atomic E-state index is 5.58. The quantitative estimate of drug-likeness (QED) is 0.425. The molecule has 0 N–H and O–H groups in total. The van der Waals surface area contributed by atoms with Crippen molar-refractivity contribution in [2.45, 2.75) is 77.4 Å². The van der Waals surface area contributed by atoms with Gasteiger partial charge in [0.05, 0.1) is 6.61 Å². The van der Waals surface area contributed by atoms with Crippen molar-refractivity contribution in [2.24, 2.45) is 0 Å². The summed E-state index contributed by atoms with van der Waals surface area (Å²) >= 11 is 0. The van der Waals surface area contributed by atoms with Crippen LogP contribution in [0.15, 0.2) is 0 Å². The van der Waals surface area contributed by atoms with Gasteiger partial charge in [0.25, 0.3) is 0 Å². The van der Waals surface area contributed by atoms with Crippen LogP contribution in [0, 0.1) is 0 Å². The lowest BCUT2D eigenvalue weighted by Gasteiger charge is -2.21. The Kier molecular flexibility index (Phi) is 9.66. The summed E-state index contributed by atoms with van der Waals surface area (Å²) in [6, 6.07) is 0. The highest BCUT2D eigenvalue weighted by atomic mass is 17.2. The molecule has 0 spiro atoms. The minimum Gasteiger partial charge on any atom is -0.350 e. The van der Waals surface area contributed by atoms with Crippen LogP contribution in [0.1, 0.15) is 71.1 Å². The fourth-order valence-electron chi connectivity index (χ4n) is 2.04. The molecule has 1 atom stereocenters. The summed E-state index contributed by atoms with van der Waals surface area (Å²) in [6.07, 6.45) is 12.6. The lowest BCUT2D eigenvalue weighted by Crippen LogP contribution is -2.23. The van der Waals surface area contributed by atoms with Gasteiger partial charge in [0.1, 0.15) is 0 Å². The number of rotatable bonds is 10. The molecule has 0 radical (unpaired) electrons. The lowest BCUT2D eigenvalue weighted by molar-refractivity contribution is -0.398. The van der Waals surface area contributed by atoms with E-state index in [1.807, 2.05) is 0 Å². The highest BCUT2D eigenvalue weighted by Gasteiger charge is 2.14. The van der Waals surface area contributed by atoms with Crippen LogP contribution < -0.4 is 0 Å². The van der Waals surface area contributed by atoms with Gasteiger partial charge in [-0.25, -0.2) is 9.78 Å². The van der Waals surface area contributed by atoms with Gasteiger partial charge in [-0.3, -0.25) is 0 Å². The van der Waals surface area contributed by atoms with Crippen LogP contribution in [0.5, 0.6) is 0 Å². The van der Waals surface area contributed by atoms with E-state index in [-0.39, 0.29) is 6.29 Å². The van der Waals surface area contributed by atoms with Gasteiger partial charge in [-0.1, -0.05) is 51.9 Å². The van der Waals surface area contributed by atoms with Crippen molar-refractivity contribution < 1.29 is 14.5 Å². The molecule has 1 saturated heterocycles. The van der Waals surface area contributed by atoms with E-state index < -0.39 is 0 Å². The number of unbranched alkanes of at least 4 members (excludes halogenated alkanes) is 7. The molecule has 1 aliphatic rings. The number of hydrogen-bond acceptors (Lipinski definition) is 3. The molecule has 0 saturated carbocycles. The zero-order valence-corrected chi connectivity index (χ0v) is 11.3. The van der Waals surface area contributed by atoms with E-state index in [0.717, 1.165) is 25.9 Å². The summed E-state index contributed by atoms with van der Waals surface area (Å²) in [5.74, 6) is 0. The summed E-state index contributed by atoms with van der Waals surface area (Å²) < 4.78 is 5.58. The predicted molar refractivity (Wildman–Crippen MR) is 68.6 cm³/mol. The molecule has 17 heavy (non-hydrogen) atoms. The average Bonchev–Trinajstić information content (AvgIpc) is 2.38. The maximum atomic E-state index is 5.58. The topological polar surface area (TPSA) is 27.7 Å². The SMILES string of the molecule is CCCCCCCCCCOC1CCCOO1. The minimum absolute atomic E-state index is 0.117. The molecule has 0 aliphatic carbocycles. The van der Waals surface area contributed by atoms with Crippen LogP contribution in [0.25, 0.3) is 0 Å². The van der Waals surface area contributed by atoms with Crippen molar-refractivity contribution in [3.8, 4) is 0 Å². The normalized spacial score (nSPS) is 20.6. The van der Waals surface area contributed by atoms with Gasteiger partial charge in [0.15, 0.2) is 6.29 Å². The first-order chi connectivity index (χ1) is 8.43. The first-order valence-corrected chi connectivity index (χ1v) is 7.33. The van der Waals surface area contributed by atoms with E-state index in [2.05, 4.69) is 6.92 Å². The Morgan fingerprint density at radius 2 is 1.71 bits per heavy atom. The molecule has 3 heteroatoms. The summed E-state index contributed by atoms with van der Waals surface area (Å²) in [6.45, 7) is 3.77. The molecule has 1 heterocycles. The molecule has 1 unspecified atom stereocenters. The van der Waals surface area contributed by atoms with E-state index in [1.165, 1.54) is 44.9 Å². The van der Waals surface area contributed by atoms with Gasteiger partial charge in [0.2, 0.25) is 0 Å². The van der Waals surface area contributed by atoms with Crippen LogP contribution in [-0.2, 0) is 14.5 Å². The first-order valence-electron chi connectivity index (χ1n) is 7.33. The molecule has 0 aromatic heterocycles. The van der Waals surface area contributed by atoms with Crippen LogP contribution in [-0.4, -0.2) is 19.5 Å². The van der Waals surface area contributed by atoms with E-state index in [4.69, 9.17) is 14.5 Å². The summed E-state index contributed by atoms with van der Waals surface area (Å²) in [5, 5.41) is 0. The second kappa shape index (κ2) is 11.0. The highest BCUT2D eigenvalue weighted by Crippen LogP contribution is 2.13. The van der Waals surface area contributed by atoms with Crippen molar-refractivity contribution in [3.63, 3.8) is 0 Å². The molecule has 1 fully saturated rings. The van der Waals surface area contributed by atoms with Crippen LogP contribution in [0.2, 0.25) is 0 Å². The maximum Gasteiger partial charge on any atom is 0.191 e. The van der Waals surface area contributed by atoms with E-state index in [0.29, 0.717) is 6.61 Å². The monoisotopic (exact) mass is 244 g/mol. The van der Waals surface area contributed by atoms with Crippen molar-refractivity contribution >= 4 is 0 Å². The Balaban J connectivity index is 1.75. The third-order valence-electron chi connectivity index (χ3n) is 3.14. The fraction of sp³-hybridized carbons (Fsp3) is 1.00. The van der Waals surface area contributed by atoms with Gasteiger partial charge in [-0.2, -0.15) is 0 Å². The van der Waals surface area contributed by atoms with Crippen LogP contribution in [0.3, 0.4) is 0 Å². The second-order valence-corrected chi connectivity index (χ2v) is 4.84. The van der Waals surface area contributed by atoms with Gasteiger partial charge in [-0.15, -0.1) is 0 Å². The van der Waals surface area contributed by atoms with Gasteiger partial charge in [-0.05, 0) is 12.8 Å². The molecule has 3 nitrogen and oxygen atoms in total. The standard InChI is InChI=1S/C14H28O3/c1-2-3-4-5-6-7-8-9-12-15-14-11-10-13-16-17-14/h14H,2-13H2,1H3. The predicted octanol–water partition coefficient (Wildman–Crippen LogP) is 4.21. The molecular formula is C14H28O3. The van der Waals surface area contributed by atoms with Crippen LogP contribution >= 0.6 is 0 Å². The summed E-state index contributed by atoms with van der Waals surface area (Å²) in [4.78, 5) is 9.92. The number of ether oxygens (including phenoxy) is 1. The number of hydrogen-bond donors (Lipinski definition) is 0. The molecule has 1 aliphatic heterocycles. The van der Waals surface area contributed by atoms with Crippen molar-refractivity contribution in [2.75, 3.05) is 13.2 Å². The van der Waals surface area contributed by atoms with Crippen molar-refractivity contribution in [3.05, 3.63) is 0 Å². The van der Waals surface area contributed by atoms with E-state index in [9.17, 15) is 0 Å². The Hall–Kier alpha value is -0.120. The summed E-state index contributed by atoms with van der Waals surface area (Å²) in [5.41, 5.74) is 0. The van der Waals surface area contributed by atoms with Gasteiger partial charge >= 0.3 is 0 Å². The molecular weight excluding hydrogens is 216 g/mol. The largest absolute Gasteiger partial charge is 0.350 e. The van der Waals surface area contributed by atoms with E-state index in [1.54, 1.807) is 0 Å². The minimum atomic E-state index is -0.117. The second-order valence-electron chi connectivity index (χ2n) is 4.84. The van der Waals surface area contributed by atoms with Gasteiger partial charge in [0, 0.05) is 13.0 Å². The van der Waals surface area contributed by atoms with Crippen molar-refractivity contribution in [1.29, 1.82) is 0 Å². The third kappa shape index (κ3) is 8.58. The molecule has 0 bridgehead atoms. The zero-order chi connectivity index (χ0) is 12.2. The Labute approximate surface area is 106 Å². The average molecular weight is 244 g/mol. The third-order valence-corrected chi connectivity index (χ3v) is 3.14. The summed E-state index contributed by atoms with van der Waals surface area (Å²) in [7, 11) is 0. The molecule has 1 rings (SSSR count).